The van der Waals surface area contributed by atoms with Crippen LogP contribution >= 0.6 is 0 Å². The van der Waals surface area contributed by atoms with Gasteiger partial charge in [-0.25, -0.2) is 14.2 Å². The van der Waals surface area contributed by atoms with Gasteiger partial charge in [-0.2, -0.15) is 0 Å². The number of nitrogens with zero attached hydrogens (tertiary/aromatic N) is 1. The first-order chi connectivity index (χ1) is 9.06. The van der Waals surface area contributed by atoms with Gasteiger partial charge in [0.05, 0.1) is 11.9 Å². The van der Waals surface area contributed by atoms with Crippen molar-refractivity contribution >= 4 is 11.7 Å². The molecule has 1 aromatic heterocycles. The topological polar surface area (TPSA) is 65.2 Å². The van der Waals surface area contributed by atoms with E-state index in [0.29, 0.717) is 11.3 Å². The normalized spacial score (nSPS) is 10.2. The Hall–Kier alpha value is -2.43. The number of benzene rings is 1. The van der Waals surface area contributed by atoms with Crippen molar-refractivity contribution in [3.05, 3.63) is 59.2 Å². The van der Waals surface area contributed by atoms with E-state index in [0.717, 1.165) is 5.56 Å². The molecule has 19 heavy (non-hydrogen) atoms. The lowest BCUT2D eigenvalue weighted by atomic mass is 10.1. The van der Waals surface area contributed by atoms with E-state index in [9.17, 15) is 9.18 Å². The van der Waals surface area contributed by atoms with Crippen molar-refractivity contribution < 1.29 is 13.9 Å². The third kappa shape index (κ3) is 3.28. The first-order valence-corrected chi connectivity index (χ1v) is 5.70. The fourth-order valence-electron chi connectivity index (χ4n) is 1.54. The van der Waals surface area contributed by atoms with Crippen LogP contribution in [0.3, 0.4) is 0 Å². The van der Waals surface area contributed by atoms with E-state index in [1.807, 2.05) is 6.92 Å². The van der Waals surface area contributed by atoms with Gasteiger partial charge >= 0.3 is 5.97 Å². The molecule has 2 N–H and O–H groups in total. The number of carbonyl (C=O) groups excluding carboxylic acids is 1. The monoisotopic (exact) mass is 260 g/mol. The van der Waals surface area contributed by atoms with Crippen LogP contribution in [0.1, 0.15) is 21.6 Å². The van der Waals surface area contributed by atoms with Gasteiger partial charge in [0.25, 0.3) is 0 Å². The molecule has 0 fully saturated rings. The Balaban J connectivity index is 2.04. The smallest absolute Gasteiger partial charge is 0.357 e. The maximum absolute atomic E-state index is 13.1. The van der Waals surface area contributed by atoms with E-state index < -0.39 is 5.97 Å². The number of hydrogen-bond donors (Lipinski definition) is 1. The highest BCUT2D eigenvalue weighted by Gasteiger charge is 2.10. The fraction of sp³-hybridized carbons (Fsp3) is 0.143. The number of esters is 1. The van der Waals surface area contributed by atoms with Crippen LogP contribution in [0.5, 0.6) is 0 Å². The van der Waals surface area contributed by atoms with Crippen LogP contribution in [-0.4, -0.2) is 11.0 Å². The molecule has 0 radical (unpaired) electrons. The van der Waals surface area contributed by atoms with Crippen LogP contribution in [-0.2, 0) is 11.3 Å². The largest absolute Gasteiger partial charge is 0.456 e. The molecule has 0 aliphatic heterocycles. The Morgan fingerprint density at radius 1 is 1.37 bits per heavy atom. The molecular formula is C14H13FN2O2. The molecule has 0 saturated heterocycles. The van der Waals surface area contributed by atoms with Crippen LogP contribution in [0.4, 0.5) is 10.1 Å². The molecule has 0 bridgehead atoms. The summed E-state index contributed by atoms with van der Waals surface area (Å²) in [4.78, 5) is 15.6. The van der Waals surface area contributed by atoms with Gasteiger partial charge < -0.3 is 10.5 Å². The standard InChI is InChI=1S/C14H13FN2O2/c1-9-2-3-11(15)6-10(9)8-19-14(18)13-5-4-12(16)7-17-13/h2-7H,8,16H2,1H3. The summed E-state index contributed by atoms with van der Waals surface area (Å²) >= 11 is 0. The van der Waals surface area contributed by atoms with E-state index in [1.165, 1.54) is 24.4 Å². The summed E-state index contributed by atoms with van der Waals surface area (Å²) in [7, 11) is 0. The molecule has 1 aromatic carbocycles. The minimum Gasteiger partial charge on any atom is -0.456 e. The Labute approximate surface area is 110 Å². The number of hydrogen-bond acceptors (Lipinski definition) is 4. The van der Waals surface area contributed by atoms with Crippen molar-refractivity contribution in [3.8, 4) is 0 Å². The average Bonchev–Trinajstić information content (AvgIpc) is 2.40. The summed E-state index contributed by atoms with van der Waals surface area (Å²) in [5.41, 5.74) is 7.60. The van der Waals surface area contributed by atoms with Crippen LogP contribution in [0.25, 0.3) is 0 Å². The fourth-order valence-corrected chi connectivity index (χ4v) is 1.54. The van der Waals surface area contributed by atoms with E-state index >= 15 is 0 Å². The molecular weight excluding hydrogens is 247 g/mol. The summed E-state index contributed by atoms with van der Waals surface area (Å²) in [6.07, 6.45) is 1.38. The highest BCUT2D eigenvalue weighted by atomic mass is 19.1. The highest BCUT2D eigenvalue weighted by molar-refractivity contribution is 5.87. The van der Waals surface area contributed by atoms with E-state index in [-0.39, 0.29) is 18.1 Å². The van der Waals surface area contributed by atoms with Crippen molar-refractivity contribution in [1.82, 2.24) is 4.98 Å². The van der Waals surface area contributed by atoms with Gasteiger partial charge in [-0.05, 0) is 42.3 Å². The van der Waals surface area contributed by atoms with Gasteiger partial charge in [-0.1, -0.05) is 6.07 Å². The second-order valence-corrected chi connectivity index (χ2v) is 4.12. The molecule has 1 heterocycles. The van der Waals surface area contributed by atoms with Crippen molar-refractivity contribution in [1.29, 1.82) is 0 Å². The van der Waals surface area contributed by atoms with Crippen molar-refractivity contribution in [2.45, 2.75) is 13.5 Å². The lowest BCUT2D eigenvalue weighted by Gasteiger charge is -2.07. The molecule has 0 unspecified atom stereocenters. The van der Waals surface area contributed by atoms with Crippen LogP contribution in [0, 0.1) is 12.7 Å². The van der Waals surface area contributed by atoms with Gasteiger partial charge in [0.2, 0.25) is 0 Å². The zero-order valence-electron chi connectivity index (χ0n) is 10.4. The number of halogens is 1. The number of aryl methyl sites for hydroxylation is 1. The lowest BCUT2D eigenvalue weighted by molar-refractivity contribution is 0.0465. The quantitative estimate of drug-likeness (QED) is 0.861. The zero-order valence-corrected chi connectivity index (χ0v) is 10.4. The molecule has 98 valence electrons. The van der Waals surface area contributed by atoms with Gasteiger partial charge in [-0.15, -0.1) is 0 Å². The van der Waals surface area contributed by atoms with Crippen molar-refractivity contribution in [2.24, 2.45) is 0 Å². The third-order valence-electron chi connectivity index (χ3n) is 2.67. The summed E-state index contributed by atoms with van der Waals surface area (Å²) in [5, 5.41) is 0. The average molecular weight is 260 g/mol. The third-order valence-corrected chi connectivity index (χ3v) is 2.67. The SMILES string of the molecule is Cc1ccc(F)cc1COC(=O)c1ccc(N)cn1. The van der Waals surface area contributed by atoms with E-state index in [1.54, 1.807) is 12.1 Å². The summed E-state index contributed by atoms with van der Waals surface area (Å²) in [5.74, 6) is -0.925. The summed E-state index contributed by atoms with van der Waals surface area (Å²) < 4.78 is 18.2. The number of ether oxygens (including phenoxy) is 1. The zero-order chi connectivity index (χ0) is 13.8. The van der Waals surface area contributed by atoms with Crippen LogP contribution in [0.15, 0.2) is 36.5 Å². The molecule has 4 nitrogen and oxygen atoms in total. The molecule has 0 amide bonds. The Bertz CT molecular complexity index is 597. The minimum atomic E-state index is -0.566. The Morgan fingerprint density at radius 2 is 2.16 bits per heavy atom. The molecule has 2 rings (SSSR count). The molecule has 0 aliphatic rings. The molecule has 0 aliphatic carbocycles. The summed E-state index contributed by atoms with van der Waals surface area (Å²) in [6.45, 7) is 1.83. The first-order valence-electron chi connectivity index (χ1n) is 5.70. The molecule has 5 heteroatoms. The number of nitrogen functional groups attached to an aromatic ring is 1. The van der Waals surface area contributed by atoms with Crippen molar-refractivity contribution in [2.75, 3.05) is 5.73 Å². The number of aromatic nitrogens is 1. The number of anilines is 1. The predicted octanol–water partition coefficient (Wildman–Crippen LogP) is 2.47. The Morgan fingerprint density at radius 3 is 2.84 bits per heavy atom. The maximum Gasteiger partial charge on any atom is 0.357 e. The number of pyridine rings is 1. The Kier molecular flexibility index (Phi) is 3.75. The van der Waals surface area contributed by atoms with Crippen LogP contribution < -0.4 is 5.73 Å². The first kappa shape index (κ1) is 13.0. The van der Waals surface area contributed by atoms with Gasteiger partial charge in [0.1, 0.15) is 18.1 Å². The lowest BCUT2D eigenvalue weighted by Crippen LogP contribution is -2.08. The van der Waals surface area contributed by atoms with E-state index in [4.69, 9.17) is 10.5 Å². The minimum absolute atomic E-state index is 0.00842. The number of carbonyl (C=O) groups is 1. The molecule has 0 spiro atoms. The summed E-state index contributed by atoms with van der Waals surface area (Å²) in [6, 6.07) is 7.40. The predicted molar refractivity (Wildman–Crippen MR) is 68.9 cm³/mol. The maximum atomic E-state index is 13.1. The van der Waals surface area contributed by atoms with Crippen LogP contribution in [0.2, 0.25) is 0 Å². The second kappa shape index (κ2) is 5.48. The highest BCUT2D eigenvalue weighted by Crippen LogP contribution is 2.12. The molecule has 0 atom stereocenters. The van der Waals surface area contributed by atoms with Gasteiger partial charge in [-0.3, -0.25) is 0 Å². The molecule has 0 saturated carbocycles. The van der Waals surface area contributed by atoms with Gasteiger partial charge in [0, 0.05) is 0 Å². The second-order valence-electron chi connectivity index (χ2n) is 4.12. The van der Waals surface area contributed by atoms with E-state index in [2.05, 4.69) is 4.98 Å². The molecule has 2 aromatic rings. The number of rotatable bonds is 3. The van der Waals surface area contributed by atoms with Crippen molar-refractivity contribution in [3.63, 3.8) is 0 Å². The van der Waals surface area contributed by atoms with Gasteiger partial charge in [0.15, 0.2) is 0 Å². The number of nitrogens with two attached hydrogens (primary N) is 1.